The fraction of sp³-hybridized carbons (Fsp3) is 0.188. The third-order valence-electron chi connectivity index (χ3n) is 3.09. The van der Waals surface area contributed by atoms with Gasteiger partial charge in [0, 0.05) is 10.6 Å². The van der Waals surface area contributed by atoms with E-state index in [0.717, 1.165) is 0 Å². The third-order valence-corrected chi connectivity index (χ3v) is 4.18. The van der Waals surface area contributed by atoms with Crippen LogP contribution in [0.1, 0.15) is 17.3 Å². The van der Waals surface area contributed by atoms with Crippen LogP contribution in [0.5, 0.6) is 11.5 Å². The van der Waals surface area contributed by atoms with Gasteiger partial charge in [0.25, 0.3) is 5.91 Å². The van der Waals surface area contributed by atoms with Crippen LogP contribution in [0.2, 0.25) is 20.1 Å². The average molecular weight is 424 g/mol. The number of hydrazine groups is 1. The summed E-state index contributed by atoms with van der Waals surface area (Å²) in [5.74, 6) is 0.257. The monoisotopic (exact) mass is 422 g/mol. The Morgan fingerprint density at radius 3 is 2.24 bits per heavy atom. The molecule has 0 spiro atoms. The Kier molecular flexibility index (Phi) is 6.90. The number of anilines is 1. The molecular formula is C16H14Cl4N2O3. The van der Waals surface area contributed by atoms with Crippen molar-refractivity contribution < 1.29 is 14.3 Å². The zero-order valence-electron chi connectivity index (χ0n) is 13.3. The van der Waals surface area contributed by atoms with Crippen molar-refractivity contribution in [1.29, 1.82) is 0 Å². The smallest absolute Gasteiger partial charge is 0.269 e. The van der Waals surface area contributed by atoms with Crippen molar-refractivity contribution in [3.8, 4) is 11.5 Å². The molecule has 0 saturated heterocycles. The van der Waals surface area contributed by atoms with E-state index in [9.17, 15) is 4.79 Å². The first kappa shape index (κ1) is 19.8. The van der Waals surface area contributed by atoms with E-state index in [4.69, 9.17) is 55.9 Å². The minimum atomic E-state index is -0.467. The first-order valence-corrected chi connectivity index (χ1v) is 8.59. The summed E-state index contributed by atoms with van der Waals surface area (Å²) < 4.78 is 10.6. The highest BCUT2D eigenvalue weighted by atomic mass is 35.5. The van der Waals surface area contributed by atoms with Crippen LogP contribution in [0.3, 0.4) is 0 Å². The number of hydrogen-bond donors (Lipinski definition) is 2. The Hall–Kier alpha value is -1.53. The minimum Gasteiger partial charge on any atom is -0.493 e. The maximum atomic E-state index is 12.4. The lowest BCUT2D eigenvalue weighted by atomic mass is 10.2. The van der Waals surface area contributed by atoms with E-state index in [-0.39, 0.29) is 20.6 Å². The molecule has 0 heterocycles. The zero-order valence-corrected chi connectivity index (χ0v) is 16.3. The van der Waals surface area contributed by atoms with Crippen LogP contribution in [0.4, 0.5) is 5.69 Å². The van der Waals surface area contributed by atoms with Crippen LogP contribution in [0.25, 0.3) is 0 Å². The van der Waals surface area contributed by atoms with Crippen molar-refractivity contribution in [3.63, 3.8) is 0 Å². The largest absolute Gasteiger partial charge is 0.493 e. The summed E-state index contributed by atoms with van der Waals surface area (Å²) in [6, 6.07) is 5.98. The van der Waals surface area contributed by atoms with Crippen molar-refractivity contribution in [3.05, 3.63) is 49.9 Å². The van der Waals surface area contributed by atoms with Gasteiger partial charge in [-0.2, -0.15) is 0 Å². The zero-order chi connectivity index (χ0) is 18.6. The molecule has 134 valence electrons. The summed E-state index contributed by atoms with van der Waals surface area (Å²) in [7, 11) is 1.46. The highest BCUT2D eigenvalue weighted by molar-refractivity contribution is 6.41. The van der Waals surface area contributed by atoms with Crippen LogP contribution < -0.4 is 20.3 Å². The molecule has 2 N–H and O–H groups in total. The molecule has 1 amide bonds. The van der Waals surface area contributed by atoms with Crippen LogP contribution >= 0.6 is 46.4 Å². The number of halogens is 4. The molecule has 0 aliphatic carbocycles. The number of hydrogen-bond acceptors (Lipinski definition) is 4. The number of benzene rings is 2. The van der Waals surface area contributed by atoms with Crippen LogP contribution in [0, 0.1) is 0 Å². The van der Waals surface area contributed by atoms with Crippen LogP contribution in [-0.2, 0) is 0 Å². The Balaban J connectivity index is 2.20. The van der Waals surface area contributed by atoms with Gasteiger partial charge in [-0.15, -0.1) is 0 Å². The van der Waals surface area contributed by atoms with E-state index >= 15 is 0 Å². The Morgan fingerprint density at radius 1 is 1.04 bits per heavy atom. The first-order valence-electron chi connectivity index (χ1n) is 7.08. The summed E-state index contributed by atoms with van der Waals surface area (Å²) >= 11 is 24.1. The van der Waals surface area contributed by atoms with Crippen molar-refractivity contribution in [2.75, 3.05) is 19.1 Å². The molecule has 0 radical (unpaired) electrons. The van der Waals surface area contributed by atoms with Gasteiger partial charge in [-0.1, -0.05) is 46.4 Å². The van der Waals surface area contributed by atoms with E-state index in [1.165, 1.54) is 31.4 Å². The minimum absolute atomic E-state index is 0.258. The molecule has 5 nitrogen and oxygen atoms in total. The number of carbonyl (C=O) groups is 1. The second kappa shape index (κ2) is 8.72. The maximum Gasteiger partial charge on any atom is 0.269 e. The van der Waals surface area contributed by atoms with E-state index < -0.39 is 5.91 Å². The Bertz CT molecular complexity index is 776. The number of nitrogens with one attached hydrogen (secondary N) is 2. The molecule has 0 bridgehead atoms. The highest BCUT2D eigenvalue weighted by Crippen LogP contribution is 2.36. The molecule has 0 atom stereocenters. The van der Waals surface area contributed by atoms with Crippen molar-refractivity contribution >= 4 is 58.0 Å². The molecule has 0 aliphatic rings. The summed E-state index contributed by atoms with van der Waals surface area (Å²) in [5, 5.41) is 1.17. The predicted octanol–water partition coefficient (Wildman–Crippen LogP) is 5.46. The van der Waals surface area contributed by atoms with Gasteiger partial charge in [-0.05, 0) is 31.2 Å². The van der Waals surface area contributed by atoms with Crippen LogP contribution in [-0.4, -0.2) is 19.6 Å². The van der Waals surface area contributed by atoms with Gasteiger partial charge in [-0.25, -0.2) is 0 Å². The number of amides is 1. The number of ether oxygens (including phenoxy) is 2. The van der Waals surface area contributed by atoms with Crippen molar-refractivity contribution in [1.82, 2.24) is 5.43 Å². The first-order chi connectivity index (χ1) is 11.9. The predicted molar refractivity (Wildman–Crippen MR) is 102 cm³/mol. The van der Waals surface area contributed by atoms with Gasteiger partial charge in [0.15, 0.2) is 11.5 Å². The van der Waals surface area contributed by atoms with Gasteiger partial charge >= 0.3 is 0 Å². The highest BCUT2D eigenvalue weighted by Gasteiger charge is 2.16. The molecule has 0 saturated carbocycles. The molecule has 0 unspecified atom stereocenters. The molecule has 9 heteroatoms. The van der Waals surface area contributed by atoms with Gasteiger partial charge in [-0.3, -0.25) is 15.6 Å². The maximum absolute atomic E-state index is 12.4. The normalized spacial score (nSPS) is 10.3. The fourth-order valence-electron chi connectivity index (χ4n) is 1.99. The van der Waals surface area contributed by atoms with Gasteiger partial charge in [0.1, 0.15) is 0 Å². The van der Waals surface area contributed by atoms with E-state index in [1.807, 2.05) is 6.92 Å². The lowest BCUT2D eigenvalue weighted by Crippen LogP contribution is -2.29. The Morgan fingerprint density at radius 2 is 1.68 bits per heavy atom. The van der Waals surface area contributed by atoms with Gasteiger partial charge in [0.05, 0.1) is 34.5 Å². The molecule has 2 rings (SSSR count). The summed E-state index contributed by atoms with van der Waals surface area (Å²) in [6.45, 7) is 2.23. The van der Waals surface area contributed by atoms with Crippen molar-refractivity contribution in [2.24, 2.45) is 0 Å². The lowest BCUT2D eigenvalue weighted by Gasteiger charge is -2.15. The fourth-order valence-corrected chi connectivity index (χ4v) is 3.17. The van der Waals surface area contributed by atoms with E-state index in [0.29, 0.717) is 28.8 Å². The second-order valence-electron chi connectivity index (χ2n) is 4.75. The molecule has 2 aromatic rings. The molecule has 0 aliphatic heterocycles. The number of methoxy groups -OCH3 is 1. The van der Waals surface area contributed by atoms with Crippen LogP contribution in [0.15, 0.2) is 24.3 Å². The summed E-state index contributed by atoms with van der Waals surface area (Å²) in [4.78, 5) is 12.4. The van der Waals surface area contributed by atoms with Gasteiger partial charge in [0.2, 0.25) is 0 Å². The quantitative estimate of drug-likeness (QED) is 0.605. The molecule has 0 aromatic heterocycles. The second-order valence-corrected chi connectivity index (χ2v) is 6.40. The SMILES string of the molecule is CCOc1c(Cl)cc(C(=O)NNc2c(Cl)cc(Cl)cc2Cl)cc1OC. The Labute approximate surface area is 165 Å². The summed E-state index contributed by atoms with van der Waals surface area (Å²) in [5.41, 5.74) is 5.74. The average Bonchev–Trinajstić information content (AvgIpc) is 2.55. The topological polar surface area (TPSA) is 59.6 Å². The number of rotatable bonds is 6. The molecule has 0 fully saturated rings. The third kappa shape index (κ3) is 4.76. The molecular weight excluding hydrogens is 410 g/mol. The van der Waals surface area contributed by atoms with Gasteiger partial charge < -0.3 is 9.47 Å². The van der Waals surface area contributed by atoms with E-state index in [1.54, 1.807) is 0 Å². The standard InChI is InChI=1S/C16H14Cl4N2O3/c1-3-25-15-12(20)4-8(5-13(15)24-2)16(23)22-21-14-10(18)6-9(17)7-11(14)19/h4-7,21H,3H2,1-2H3,(H,22,23). The number of carbonyl (C=O) groups excluding carboxylic acids is 1. The lowest BCUT2D eigenvalue weighted by molar-refractivity contribution is 0.0962. The van der Waals surface area contributed by atoms with Crippen molar-refractivity contribution in [2.45, 2.75) is 6.92 Å². The van der Waals surface area contributed by atoms with E-state index in [2.05, 4.69) is 10.9 Å². The molecule has 25 heavy (non-hydrogen) atoms. The molecule has 2 aromatic carbocycles. The summed E-state index contributed by atoms with van der Waals surface area (Å²) in [6.07, 6.45) is 0.